The van der Waals surface area contributed by atoms with Crippen LogP contribution in [0.4, 0.5) is 11.4 Å². The second-order valence-corrected chi connectivity index (χ2v) is 9.46. The van der Waals surface area contributed by atoms with Crippen molar-refractivity contribution in [2.24, 2.45) is 0 Å². The molecule has 0 atom stereocenters. The summed E-state index contributed by atoms with van der Waals surface area (Å²) in [5.74, 6) is -0.193. The Morgan fingerprint density at radius 1 is 1.03 bits per heavy atom. The largest absolute Gasteiger partial charge is 0.367 e. The fourth-order valence-corrected chi connectivity index (χ4v) is 4.79. The van der Waals surface area contributed by atoms with E-state index in [4.69, 9.17) is 23.8 Å². The maximum atomic E-state index is 12.5. The molecule has 1 saturated heterocycles. The van der Waals surface area contributed by atoms with Gasteiger partial charge in [0.05, 0.1) is 15.6 Å². The summed E-state index contributed by atoms with van der Waals surface area (Å²) in [5.41, 5.74) is 3.21. The van der Waals surface area contributed by atoms with E-state index in [0.29, 0.717) is 42.5 Å². The van der Waals surface area contributed by atoms with Crippen molar-refractivity contribution in [2.75, 3.05) is 36.4 Å². The number of nitrogens with one attached hydrogen (secondary N) is 2. The van der Waals surface area contributed by atoms with Crippen LogP contribution in [0.3, 0.4) is 0 Å². The summed E-state index contributed by atoms with van der Waals surface area (Å²) in [6.45, 7) is 4.65. The van der Waals surface area contributed by atoms with Crippen LogP contribution in [0.5, 0.6) is 0 Å². The standard InChI is InChI=1S/C24H23ClN4O2S2/c1-16-4-6-17(7-5-16)22(30)27-24(32)26-18-8-9-20(19(25)15-18)28-10-12-29(13-11-28)23(31)21-3-2-14-33-21/h2-9,14-15H,10-13H2,1H3,(H2,26,27,30,32). The third kappa shape index (κ3) is 5.71. The van der Waals surface area contributed by atoms with E-state index in [0.717, 1.165) is 16.1 Å². The van der Waals surface area contributed by atoms with Crippen LogP contribution in [0.15, 0.2) is 60.0 Å². The molecule has 2 N–H and O–H groups in total. The first-order valence-corrected chi connectivity index (χ1v) is 12.1. The lowest BCUT2D eigenvalue weighted by molar-refractivity contribution is 0.0751. The number of amides is 2. The van der Waals surface area contributed by atoms with E-state index in [-0.39, 0.29) is 16.9 Å². The van der Waals surface area contributed by atoms with Gasteiger partial charge in [-0.25, -0.2) is 0 Å². The molecule has 4 rings (SSSR count). The van der Waals surface area contributed by atoms with E-state index in [1.807, 2.05) is 53.6 Å². The number of piperazine rings is 1. The van der Waals surface area contributed by atoms with Crippen molar-refractivity contribution < 1.29 is 9.59 Å². The molecule has 170 valence electrons. The Kier molecular flexibility index (Phi) is 7.27. The molecule has 0 bridgehead atoms. The first kappa shape index (κ1) is 23.2. The molecule has 0 radical (unpaired) electrons. The molecular formula is C24H23ClN4O2S2. The Hall–Kier alpha value is -2.94. The van der Waals surface area contributed by atoms with Crippen LogP contribution in [-0.2, 0) is 0 Å². The summed E-state index contributed by atoms with van der Waals surface area (Å²) < 4.78 is 0. The monoisotopic (exact) mass is 498 g/mol. The second-order valence-electron chi connectivity index (χ2n) is 7.70. The van der Waals surface area contributed by atoms with Gasteiger partial charge in [-0.05, 0) is 60.9 Å². The number of anilines is 2. The Morgan fingerprint density at radius 3 is 2.39 bits per heavy atom. The number of halogens is 1. The number of thiocarbonyl (C=S) groups is 1. The zero-order chi connectivity index (χ0) is 23.4. The molecule has 1 aromatic heterocycles. The van der Waals surface area contributed by atoms with Gasteiger partial charge in [0.1, 0.15) is 0 Å². The zero-order valence-corrected chi connectivity index (χ0v) is 20.4. The molecule has 3 aromatic rings. The van der Waals surface area contributed by atoms with E-state index in [2.05, 4.69) is 15.5 Å². The van der Waals surface area contributed by atoms with Gasteiger partial charge in [0.2, 0.25) is 0 Å². The van der Waals surface area contributed by atoms with Gasteiger partial charge in [0, 0.05) is 37.4 Å². The van der Waals surface area contributed by atoms with Crippen LogP contribution in [0, 0.1) is 6.92 Å². The minimum absolute atomic E-state index is 0.0801. The normalized spacial score (nSPS) is 13.5. The van der Waals surface area contributed by atoms with Gasteiger partial charge < -0.3 is 15.1 Å². The fourth-order valence-electron chi connectivity index (χ4n) is 3.59. The van der Waals surface area contributed by atoms with Crippen LogP contribution < -0.4 is 15.5 Å². The summed E-state index contributed by atoms with van der Waals surface area (Å²) in [6.07, 6.45) is 0. The minimum atomic E-state index is -0.273. The van der Waals surface area contributed by atoms with Gasteiger partial charge in [-0.15, -0.1) is 11.3 Å². The fraction of sp³-hybridized carbons (Fsp3) is 0.208. The first-order valence-electron chi connectivity index (χ1n) is 10.5. The SMILES string of the molecule is Cc1ccc(C(=O)NC(=S)Nc2ccc(N3CCN(C(=O)c4cccs4)CC3)c(Cl)c2)cc1. The predicted molar refractivity (Wildman–Crippen MR) is 139 cm³/mol. The molecule has 1 fully saturated rings. The van der Waals surface area contributed by atoms with Crippen molar-refractivity contribution in [1.29, 1.82) is 0 Å². The van der Waals surface area contributed by atoms with Crippen LogP contribution >= 0.6 is 35.2 Å². The van der Waals surface area contributed by atoms with Gasteiger partial charge in [0.25, 0.3) is 11.8 Å². The zero-order valence-electron chi connectivity index (χ0n) is 18.0. The molecule has 0 saturated carbocycles. The lowest BCUT2D eigenvalue weighted by Gasteiger charge is -2.36. The Bertz CT molecular complexity index is 1160. The number of nitrogens with zero attached hydrogens (tertiary/aromatic N) is 2. The van der Waals surface area contributed by atoms with Gasteiger partial charge in [-0.3, -0.25) is 14.9 Å². The second kappa shape index (κ2) is 10.3. The molecular weight excluding hydrogens is 476 g/mol. The summed E-state index contributed by atoms with van der Waals surface area (Å²) >= 11 is 13.3. The van der Waals surface area contributed by atoms with Crippen LogP contribution in [0.2, 0.25) is 5.02 Å². The number of rotatable bonds is 4. The lowest BCUT2D eigenvalue weighted by atomic mass is 10.1. The number of carbonyl (C=O) groups excluding carboxylic acids is 2. The molecule has 0 unspecified atom stereocenters. The van der Waals surface area contributed by atoms with Gasteiger partial charge in [0.15, 0.2) is 5.11 Å². The quantitative estimate of drug-likeness (QED) is 0.506. The third-order valence-electron chi connectivity index (χ3n) is 5.39. The smallest absolute Gasteiger partial charge is 0.264 e. The summed E-state index contributed by atoms with van der Waals surface area (Å²) in [7, 11) is 0. The number of benzene rings is 2. The Balaban J connectivity index is 1.32. The highest BCUT2D eigenvalue weighted by Gasteiger charge is 2.24. The van der Waals surface area contributed by atoms with Crippen molar-refractivity contribution in [3.8, 4) is 0 Å². The van der Waals surface area contributed by atoms with Crippen LogP contribution in [0.1, 0.15) is 25.6 Å². The highest BCUT2D eigenvalue weighted by molar-refractivity contribution is 7.80. The maximum Gasteiger partial charge on any atom is 0.264 e. The highest BCUT2D eigenvalue weighted by atomic mass is 35.5. The number of thiophene rings is 1. The van der Waals surface area contributed by atoms with Crippen molar-refractivity contribution in [3.63, 3.8) is 0 Å². The maximum absolute atomic E-state index is 12.5. The average Bonchev–Trinajstić information content (AvgIpc) is 3.34. The molecule has 0 spiro atoms. The van der Waals surface area contributed by atoms with Gasteiger partial charge in [-0.1, -0.05) is 35.4 Å². The molecule has 2 heterocycles. The molecule has 6 nitrogen and oxygen atoms in total. The summed E-state index contributed by atoms with van der Waals surface area (Å²) in [4.78, 5) is 29.7. The van der Waals surface area contributed by atoms with E-state index in [1.54, 1.807) is 18.2 Å². The Morgan fingerprint density at radius 2 is 1.76 bits per heavy atom. The van der Waals surface area contributed by atoms with Crippen molar-refractivity contribution in [3.05, 3.63) is 81.0 Å². The van der Waals surface area contributed by atoms with Crippen LogP contribution in [-0.4, -0.2) is 48.0 Å². The topological polar surface area (TPSA) is 64.7 Å². The highest BCUT2D eigenvalue weighted by Crippen LogP contribution is 2.30. The van der Waals surface area contributed by atoms with E-state index < -0.39 is 0 Å². The Labute approximate surface area is 207 Å². The van der Waals surface area contributed by atoms with Gasteiger partial charge in [-0.2, -0.15) is 0 Å². The number of hydrogen-bond donors (Lipinski definition) is 2. The van der Waals surface area contributed by atoms with E-state index in [1.165, 1.54) is 11.3 Å². The summed E-state index contributed by atoms with van der Waals surface area (Å²) in [5, 5.41) is 8.38. The van der Waals surface area contributed by atoms with E-state index >= 15 is 0 Å². The molecule has 33 heavy (non-hydrogen) atoms. The number of hydrogen-bond acceptors (Lipinski definition) is 5. The summed E-state index contributed by atoms with van der Waals surface area (Å²) in [6, 6.07) is 16.6. The van der Waals surface area contributed by atoms with E-state index in [9.17, 15) is 9.59 Å². The molecule has 2 aromatic carbocycles. The van der Waals surface area contributed by atoms with Crippen molar-refractivity contribution in [2.45, 2.75) is 6.92 Å². The first-order chi connectivity index (χ1) is 15.9. The molecule has 1 aliphatic heterocycles. The molecule has 2 amide bonds. The predicted octanol–water partition coefficient (Wildman–Crippen LogP) is 4.80. The van der Waals surface area contributed by atoms with Gasteiger partial charge >= 0.3 is 0 Å². The minimum Gasteiger partial charge on any atom is -0.367 e. The molecule has 0 aliphatic carbocycles. The number of carbonyl (C=O) groups is 2. The molecule has 9 heteroatoms. The van der Waals surface area contributed by atoms with Crippen molar-refractivity contribution in [1.82, 2.24) is 10.2 Å². The third-order valence-corrected chi connectivity index (χ3v) is 6.75. The van der Waals surface area contributed by atoms with Crippen LogP contribution in [0.25, 0.3) is 0 Å². The molecule has 1 aliphatic rings. The number of aryl methyl sites for hydroxylation is 1. The lowest BCUT2D eigenvalue weighted by Crippen LogP contribution is -2.48. The average molecular weight is 499 g/mol. The van der Waals surface area contributed by atoms with Crippen molar-refractivity contribution >= 4 is 63.5 Å².